The van der Waals surface area contributed by atoms with Gasteiger partial charge >= 0.3 is 0 Å². The molecule has 1 aliphatic rings. The van der Waals surface area contributed by atoms with Crippen LogP contribution in [0.15, 0.2) is 24.3 Å². The lowest BCUT2D eigenvalue weighted by Gasteiger charge is -2.31. The highest BCUT2D eigenvalue weighted by molar-refractivity contribution is 6.31. The summed E-state index contributed by atoms with van der Waals surface area (Å²) in [5.41, 5.74) is 8.24. The second-order valence-corrected chi connectivity index (χ2v) is 7.79. The van der Waals surface area contributed by atoms with Gasteiger partial charge in [0.15, 0.2) is 0 Å². The molecule has 0 bridgehead atoms. The number of nitrogens with one attached hydrogen (secondary N) is 1. The zero-order chi connectivity index (χ0) is 21.0. The Balaban J connectivity index is 1.94. The highest BCUT2D eigenvalue weighted by Gasteiger charge is 2.27. The fourth-order valence-electron chi connectivity index (χ4n) is 3.40. The number of hydrogen-bond acceptors (Lipinski definition) is 7. The van der Waals surface area contributed by atoms with Crippen LogP contribution in [0.1, 0.15) is 23.7 Å². The van der Waals surface area contributed by atoms with Crippen molar-refractivity contribution in [2.45, 2.75) is 19.4 Å². The third kappa shape index (κ3) is 5.56. The summed E-state index contributed by atoms with van der Waals surface area (Å²) in [6.45, 7) is 4.05. The molecule has 1 aliphatic heterocycles. The van der Waals surface area contributed by atoms with Crippen LogP contribution in [0.25, 0.3) is 0 Å². The van der Waals surface area contributed by atoms with Crippen LogP contribution in [0.4, 0.5) is 17.5 Å². The minimum absolute atomic E-state index is 0.0866. The van der Waals surface area contributed by atoms with E-state index in [1.54, 1.807) is 12.1 Å². The van der Waals surface area contributed by atoms with E-state index in [0.29, 0.717) is 30.5 Å². The Hall–Kier alpha value is -2.42. The second-order valence-electron chi connectivity index (χ2n) is 7.39. The number of ether oxygens (including phenoxy) is 1. The van der Waals surface area contributed by atoms with E-state index in [9.17, 15) is 4.79 Å². The molecular weight excluding hydrogens is 392 g/mol. The van der Waals surface area contributed by atoms with E-state index in [1.807, 2.05) is 38.1 Å². The van der Waals surface area contributed by atoms with Gasteiger partial charge < -0.3 is 25.6 Å². The first-order chi connectivity index (χ1) is 13.8. The number of halogens is 1. The molecule has 3 rings (SSSR count). The Kier molecular flexibility index (Phi) is 6.89. The number of benzene rings is 1. The Labute approximate surface area is 176 Å². The van der Waals surface area contributed by atoms with Gasteiger partial charge in [-0.25, -0.2) is 4.98 Å². The van der Waals surface area contributed by atoms with Crippen LogP contribution in [0.3, 0.4) is 0 Å². The first-order valence-electron chi connectivity index (χ1n) is 9.53. The second kappa shape index (κ2) is 9.39. The van der Waals surface area contributed by atoms with Crippen molar-refractivity contribution in [3.8, 4) is 0 Å². The van der Waals surface area contributed by atoms with Crippen LogP contribution in [-0.4, -0.2) is 61.2 Å². The van der Waals surface area contributed by atoms with Crippen molar-refractivity contribution in [2.24, 2.45) is 0 Å². The predicted octanol–water partition coefficient (Wildman–Crippen LogP) is 2.49. The van der Waals surface area contributed by atoms with Crippen molar-refractivity contribution in [3.05, 3.63) is 40.5 Å². The van der Waals surface area contributed by atoms with Crippen LogP contribution in [0, 0.1) is 6.92 Å². The molecule has 1 amide bonds. The Morgan fingerprint density at radius 3 is 2.90 bits per heavy atom. The van der Waals surface area contributed by atoms with Crippen molar-refractivity contribution in [3.63, 3.8) is 0 Å². The zero-order valence-electron chi connectivity index (χ0n) is 17.0. The molecule has 0 spiro atoms. The number of aryl methyl sites for hydroxylation is 1. The lowest BCUT2D eigenvalue weighted by molar-refractivity contribution is -0.116. The van der Waals surface area contributed by atoms with Gasteiger partial charge in [-0.3, -0.25) is 4.79 Å². The third-order valence-electron chi connectivity index (χ3n) is 4.59. The molecule has 2 heterocycles. The normalized spacial score (nSPS) is 17.3. The van der Waals surface area contributed by atoms with Crippen molar-refractivity contribution >= 4 is 35.0 Å². The minimum atomic E-state index is -0.163. The first kappa shape index (κ1) is 21.3. The maximum absolute atomic E-state index is 12.2. The molecule has 1 atom stereocenters. The third-order valence-corrected chi connectivity index (χ3v) is 4.93. The quantitative estimate of drug-likeness (QED) is 0.769. The zero-order valence-corrected chi connectivity index (χ0v) is 17.7. The first-order valence-corrected chi connectivity index (χ1v) is 9.91. The number of amides is 1. The van der Waals surface area contributed by atoms with Crippen molar-refractivity contribution in [1.82, 2.24) is 14.9 Å². The molecule has 9 heteroatoms. The largest absolute Gasteiger partial charge is 0.379 e. The molecule has 0 radical (unpaired) electrons. The van der Waals surface area contributed by atoms with E-state index in [0.717, 1.165) is 30.0 Å². The molecule has 8 nitrogen and oxygen atoms in total. The van der Waals surface area contributed by atoms with Gasteiger partial charge in [0, 0.05) is 35.6 Å². The number of hydrogen-bond donors (Lipinski definition) is 2. The Bertz CT molecular complexity index is 856. The molecular formula is C20H27ClN6O2. The van der Waals surface area contributed by atoms with E-state index < -0.39 is 0 Å². The molecule has 0 saturated carbocycles. The summed E-state index contributed by atoms with van der Waals surface area (Å²) >= 11 is 6.56. The van der Waals surface area contributed by atoms with Crippen LogP contribution >= 0.6 is 11.6 Å². The standard InChI is InChI=1S/C20H27ClN6O2/c1-13-9-18(25-20(22)23-13)27-7-4-8-29-12-17(27)15-10-14(5-6-16(15)21)24-19(28)11-26(2)3/h5-6,9-10,17H,4,7-8,11-12H2,1-3H3,(H,24,28)(H2,22,23,25). The van der Waals surface area contributed by atoms with Crippen LogP contribution < -0.4 is 16.0 Å². The van der Waals surface area contributed by atoms with Gasteiger partial charge in [0.25, 0.3) is 0 Å². The summed E-state index contributed by atoms with van der Waals surface area (Å²) in [6.07, 6.45) is 0.857. The molecule has 1 aromatic heterocycles. The van der Waals surface area contributed by atoms with E-state index in [1.165, 1.54) is 0 Å². The molecule has 1 aromatic carbocycles. The lowest BCUT2D eigenvalue weighted by atomic mass is 10.0. The molecule has 0 aliphatic carbocycles. The number of nitrogen functional groups attached to an aromatic ring is 1. The van der Waals surface area contributed by atoms with E-state index in [4.69, 9.17) is 22.1 Å². The molecule has 1 unspecified atom stereocenters. The van der Waals surface area contributed by atoms with E-state index in [2.05, 4.69) is 20.2 Å². The maximum atomic E-state index is 12.2. The Morgan fingerprint density at radius 2 is 2.17 bits per heavy atom. The monoisotopic (exact) mass is 418 g/mol. The SMILES string of the molecule is Cc1cc(N2CCCOCC2c2cc(NC(=O)CN(C)C)ccc2Cl)nc(N)n1. The number of nitrogens with zero attached hydrogens (tertiary/aromatic N) is 4. The van der Waals surface area contributed by atoms with Gasteiger partial charge in [0.1, 0.15) is 5.82 Å². The summed E-state index contributed by atoms with van der Waals surface area (Å²) in [5.74, 6) is 0.889. The molecule has 1 saturated heterocycles. The fourth-order valence-corrected chi connectivity index (χ4v) is 3.64. The van der Waals surface area contributed by atoms with Crippen molar-refractivity contribution in [2.75, 3.05) is 56.3 Å². The number of carbonyl (C=O) groups excluding carboxylic acids is 1. The molecule has 1 fully saturated rings. The maximum Gasteiger partial charge on any atom is 0.238 e. The number of carbonyl (C=O) groups is 1. The number of nitrogens with two attached hydrogens (primary N) is 1. The molecule has 29 heavy (non-hydrogen) atoms. The topological polar surface area (TPSA) is 96.6 Å². The number of anilines is 3. The average Bonchev–Trinajstić information content (AvgIpc) is 2.87. The fraction of sp³-hybridized carbons (Fsp3) is 0.450. The van der Waals surface area contributed by atoms with Gasteiger partial charge in [-0.2, -0.15) is 4.98 Å². The van der Waals surface area contributed by atoms with Crippen LogP contribution in [0.2, 0.25) is 5.02 Å². The predicted molar refractivity (Wildman–Crippen MR) is 115 cm³/mol. The van der Waals surface area contributed by atoms with E-state index in [-0.39, 0.29) is 17.9 Å². The summed E-state index contributed by atoms with van der Waals surface area (Å²) < 4.78 is 5.83. The van der Waals surface area contributed by atoms with Gasteiger partial charge in [0.2, 0.25) is 11.9 Å². The summed E-state index contributed by atoms with van der Waals surface area (Å²) in [6, 6.07) is 7.24. The van der Waals surface area contributed by atoms with Crippen LogP contribution in [-0.2, 0) is 9.53 Å². The van der Waals surface area contributed by atoms with Crippen LogP contribution in [0.5, 0.6) is 0 Å². The van der Waals surface area contributed by atoms with Gasteiger partial charge in [-0.05, 0) is 51.2 Å². The average molecular weight is 419 g/mol. The summed E-state index contributed by atoms with van der Waals surface area (Å²) in [5, 5.41) is 3.53. The summed E-state index contributed by atoms with van der Waals surface area (Å²) in [4.78, 5) is 24.7. The van der Waals surface area contributed by atoms with E-state index >= 15 is 0 Å². The van der Waals surface area contributed by atoms with Crippen molar-refractivity contribution < 1.29 is 9.53 Å². The van der Waals surface area contributed by atoms with Gasteiger partial charge in [-0.1, -0.05) is 11.6 Å². The minimum Gasteiger partial charge on any atom is -0.379 e. The summed E-state index contributed by atoms with van der Waals surface area (Å²) in [7, 11) is 3.70. The van der Waals surface area contributed by atoms with Gasteiger partial charge in [0.05, 0.1) is 19.2 Å². The number of likely N-dealkylation sites (N-methyl/N-ethyl adjacent to an activating group) is 1. The number of rotatable bonds is 5. The molecule has 2 aromatic rings. The van der Waals surface area contributed by atoms with Crippen molar-refractivity contribution in [1.29, 1.82) is 0 Å². The highest BCUT2D eigenvalue weighted by Crippen LogP contribution is 2.34. The number of aromatic nitrogens is 2. The molecule has 3 N–H and O–H groups in total. The van der Waals surface area contributed by atoms with Gasteiger partial charge in [-0.15, -0.1) is 0 Å². The molecule has 156 valence electrons. The lowest BCUT2D eigenvalue weighted by Crippen LogP contribution is -2.32. The highest BCUT2D eigenvalue weighted by atomic mass is 35.5. The smallest absolute Gasteiger partial charge is 0.238 e. The Morgan fingerprint density at radius 1 is 1.38 bits per heavy atom.